The maximum absolute atomic E-state index is 12.0. The largest absolute Gasteiger partial charge is 0.365 e. The van der Waals surface area contributed by atoms with E-state index in [9.17, 15) is 9.59 Å². The fraction of sp³-hybridized carbons (Fsp3) is 0.346. The second kappa shape index (κ2) is 10.4. The summed E-state index contributed by atoms with van der Waals surface area (Å²) in [4.78, 5) is 32.7. The maximum Gasteiger partial charge on any atom is 0.252 e. The molecule has 1 aromatic carbocycles. The SMILES string of the molecule is C=CC(=O)N1CC=C(c2ccc(C(N)=O)c(Nc3ccc(CCN4CCCC4)cc3)n2)CC1. The van der Waals surface area contributed by atoms with Gasteiger partial charge >= 0.3 is 0 Å². The summed E-state index contributed by atoms with van der Waals surface area (Å²) in [5, 5.41) is 3.27. The lowest BCUT2D eigenvalue weighted by atomic mass is 10.0. The third-order valence-corrected chi connectivity index (χ3v) is 6.32. The molecule has 33 heavy (non-hydrogen) atoms. The van der Waals surface area contributed by atoms with E-state index in [2.05, 4.69) is 28.9 Å². The number of carbonyl (C=O) groups excluding carboxylic acids is 2. The van der Waals surface area contributed by atoms with Gasteiger partial charge in [0.2, 0.25) is 5.91 Å². The maximum atomic E-state index is 12.0. The van der Waals surface area contributed by atoms with Crippen LogP contribution in [0.5, 0.6) is 0 Å². The Labute approximate surface area is 195 Å². The number of nitrogens with two attached hydrogens (primary N) is 1. The van der Waals surface area contributed by atoms with E-state index in [4.69, 9.17) is 10.7 Å². The number of amides is 2. The Morgan fingerprint density at radius 3 is 2.48 bits per heavy atom. The minimum Gasteiger partial charge on any atom is -0.365 e. The third kappa shape index (κ3) is 5.68. The van der Waals surface area contributed by atoms with Crippen molar-refractivity contribution in [2.24, 2.45) is 5.73 Å². The van der Waals surface area contributed by atoms with Gasteiger partial charge in [-0.2, -0.15) is 0 Å². The van der Waals surface area contributed by atoms with E-state index in [-0.39, 0.29) is 5.91 Å². The first-order chi connectivity index (χ1) is 16.0. The van der Waals surface area contributed by atoms with Gasteiger partial charge in [0.1, 0.15) is 5.82 Å². The summed E-state index contributed by atoms with van der Waals surface area (Å²) in [7, 11) is 0. The smallest absolute Gasteiger partial charge is 0.252 e. The fourth-order valence-corrected chi connectivity index (χ4v) is 4.35. The van der Waals surface area contributed by atoms with Gasteiger partial charge in [0.05, 0.1) is 11.3 Å². The molecule has 4 rings (SSSR count). The molecule has 2 amide bonds. The van der Waals surface area contributed by atoms with Gasteiger partial charge in [-0.25, -0.2) is 4.98 Å². The first kappa shape index (κ1) is 22.7. The van der Waals surface area contributed by atoms with Crippen LogP contribution in [0.4, 0.5) is 11.5 Å². The minimum atomic E-state index is -0.529. The Bertz CT molecular complexity index is 1050. The van der Waals surface area contributed by atoms with Crippen LogP contribution in [0.2, 0.25) is 0 Å². The summed E-state index contributed by atoms with van der Waals surface area (Å²) in [6.07, 6.45) is 7.65. The van der Waals surface area contributed by atoms with Crippen LogP contribution in [0.25, 0.3) is 5.57 Å². The number of rotatable bonds is 8. The summed E-state index contributed by atoms with van der Waals surface area (Å²) in [5.74, 6) is -0.164. The number of anilines is 2. The highest BCUT2D eigenvalue weighted by atomic mass is 16.2. The van der Waals surface area contributed by atoms with E-state index in [0.717, 1.165) is 29.9 Å². The van der Waals surface area contributed by atoms with Crippen molar-refractivity contribution in [2.75, 3.05) is 38.0 Å². The zero-order valence-corrected chi connectivity index (χ0v) is 18.9. The lowest BCUT2D eigenvalue weighted by molar-refractivity contribution is -0.125. The number of aromatic nitrogens is 1. The van der Waals surface area contributed by atoms with Gasteiger partial charge in [0, 0.05) is 25.3 Å². The van der Waals surface area contributed by atoms with Crippen LogP contribution in [-0.2, 0) is 11.2 Å². The van der Waals surface area contributed by atoms with Crippen molar-refractivity contribution in [1.82, 2.24) is 14.8 Å². The normalized spacial score (nSPS) is 16.4. The van der Waals surface area contributed by atoms with Crippen molar-refractivity contribution in [3.63, 3.8) is 0 Å². The molecule has 3 N–H and O–H groups in total. The molecule has 7 heteroatoms. The van der Waals surface area contributed by atoms with E-state index in [0.29, 0.717) is 30.9 Å². The number of primary amides is 1. The second-order valence-corrected chi connectivity index (χ2v) is 8.55. The van der Waals surface area contributed by atoms with Crippen molar-refractivity contribution in [3.05, 3.63) is 72.0 Å². The van der Waals surface area contributed by atoms with E-state index in [1.54, 1.807) is 11.0 Å². The lowest BCUT2D eigenvalue weighted by Gasteiger charge is -2.25. The Hall–Kier alpha value is -3.45. The molecule has 3 heterocycles. The van der Waals surface area contributed by atoms with Crippen LogP contribution in [0.15, 0.2) is 55.1 Å². The Morgan fingerprint density at radius 2 is 1.85 bits per heavy atom. The predicted molar refractivity (Wildman–Crippen MR) is 131 cm³/mol. The molecule has 172 valence electrons. The molecule has 2 aliphatic heterocycles. The molecule has 1 aromatic heterocycles. The van der Waals surface area contributed by atoms with Crippen molar-refractivity contribution in [3.8, 4) is 0 Å². The molecule has 0 radical (unpaired) electrons. The average Bonchev–Trinajstić information content (AvgIpc) is 3.37. The van der Waals surface area contributed by atoms with Crippen molar-refractivity contribution >= 4 is 28.9 Å². The standard InChI is InChI=1S/C26H31N5O2/c1-2-24(32)31-17-12-20(13-18-31)23-10-9-22(25(27)33)26(29-23)28-21-7-5-19(6-8-21)11-16-30-14-3-4-15-30/h2,5-10,12H,1,3-4,11,13-18H2,(H2,27,33)(H,28,29). The van der Waals surface area contributed by atoms with E-state index in [1.165, 1.54) is 37.6 Å². The topological polar surface area (TPSA) is 91.6 Å². The number of nitrogens with one attached hydrogen (secondary N) is 1. The quantitative estimate of drug-likeness (QED) is 0.608. The van der Waals surface area contributed by atoms with Crippen molar-refractivity contribution < 1.29 is 9.59 Å². The molecule has 2 aliphatic rings. The average molecular weight is 446 g/mol. The number of hydrogen-bond donors (Lipinski definition) is 2. The van der Waals surface area contributed by atoms with Crippen LogP contribution >= 0.6 is 0 Å². The van der Waals surface area contributed by atoms with E-state index < -0.39 is 5.91 Å². The van der Waals surface area contributed by atoms with E-state index >= 15 is 0 Å². The van der Waals surface area contributed by atoms with Gasteiger partial charge in [-0.1, -0.05) is 24.8 Å². The van der Waals surface area contributed by atoms with Gasteiger partial charge in [-0.05, 0) is 80.3 Å². The minimum absolute atomic E-state index is 0.0754. The Kier molecular flexibility index (Phi) is 7.19. The van der Waals surface area contributed by atoms with Gasteiger partial charge in [-0.3, -0.25) is 9.59 Å². The number of benzene rings is 1. The van der Waals surface area contributed by atoms with Crippen molar-refractivity contribution in [1.29, 1.82) is 0 Å². The summed E-state index contributed by atoms with van der Waals surface area (Å²) in [6, 6.07) is 11.8. The van der Waals surface area contributed by atoms with Gasteiger partial charge in [0.25, 0.3) is 5.91 Å². The summed E-state index contributed by atoms with van der Waals surface area (Å²) in [5.41, 5.74) is 9.90. The van der Waals surface area contributed by atoms with Gasteiger partial charge < -0.3 is 20.9 Å². The molecular formula is C26H31N5O2. The van der Waals surface area contributed by atoms with Gasteiger partial charge in [0.15, 0.2) is 0 Å². The zero-order valence-electron chi connectivity index (χ0n) is 18.9. The molecule has 0 atom stereocenters. The molecule has 2 aromatic rings. The van der Waals surface area contributed by atoms with E-state index in [1.807, 2.05) is 24.3 Å². The molecule has 0 bridgehead atoms. The second-order valence-electron chi connectivity index (χ2n) is 8.55. The highest BCUT2D eigenvalue weighted by Gasteiger charge is 2.19. The lowest BCUT2D eigenvalue weighted by Crippen LogP contribution is -2.33. The number of likely N-dealkylation sites (tertiary alicyclic amines) is 1. The van der Waals surface area contributed by atoms with Crippen LogP contribution in [0.3, 0.4) is 0 Å². The molecule has 1 saturated heterocycles. The molecular weight excluding hydrogens is 414 g/mol. The first-order valence-electron chi connectivity index (χ1n) is 11.5. The predicted octanol–water partition coefficient (Wildman–Crippen LogP) is 3.36. The number of carbonyl (C=O) groups is 2. The molecule has 0 unspecified atom stereocenters. The van der Waals surface area contributed by atoms with Crippen molar-refractivity contribution in [2.45, 2.75) is 25.7 Å². The van der Waals surface area contributed by atoms with Gasteiger partial charge in [-0.15, -0.1) is 0 Å². The first-order valence-corrected chi connectivity index (χ1v) is 11.5. The summed E-state index contributed by atoms with van der Waals surface area (Å²) < 4.78 is 0. The summed E-state index contributed by atoms with van der Waals surface area (Å²) in [6.45, 7) is 8.17. The zero-order chi connectivity index (χ0) is 23.2. The Morgan fingerprint density at radius 1 is 1.09 bits per heavy atom. The molecule has 1 fully saturated rings. The number of hydrogen-bond acceptors (Lipinski definition) is 5. The third-order valence-electron chi connectivity index (χ3n) is 6.32. The highest BCUT2D eigenvalue weighted by molar-refractivity contribution is 5.98. The highest BCUT2D eigenvalue weighted by Crippen LogP contribution is 2.26. The summed E-state index contributed by atoms with van der Waals surface area (Å²) >= 11 is 0. The molecule has 0 saturated carbocycles. The molecule has 0 aliphatic carbocycles. The number of pyridine rings is 1. The van der Waals surface area contributed by atoms with Crippen LogP contribution in [-0.4, -0.2) is 59.3 Å². The fourth-order valence-electron chi connectivity index (χ4n) is 4.35. The number of nitrogens with zero attached hydrogens (tertiary/aromatic N) is 3. The van der Waals surface area contributed by atoms with Crippen LogP contribution in [0.1, 0.15) is 40.9 Å². The molecule has 7 nitrogen and oxygen atoms in total. The van der Waals surface area contributed by atoms with Crippen LogP contribution in [0, 0.1) is 0 Å². The monoisotopic (exact) mass is 445 g/mol. The van der Waals surface area contributed by atoms with Crippen LogP contribution < -0.4 is 11.1 Å². The Balaban J connectivity index is 1.47. The molecule has 0 spiro atoms.